The van der Waals surface area contributed by atoms with E-state index in [0.717, 1.165) is 25.1 Å². The summed E-state index contributed by atoms with van der Waals surface area (Å²) < 4.78 is 0. The minimum Gasteiger partial charge on any atom is -0.393 e. The number of rotatable bonds is 5. The maximum absolute atomic E-state index is 9.48. The summed E-state index contributed by atoms with van der Waals surface area (Å²) in [6.07, 6.45) is 6.08. The van der Waals surface area contributed by atoms with Gasteiger partial charge < -0.3 is 5.11 Å². The Morgan fingerprint density at radius 2 is 2.41 bits per heavy atom. The predicted octanol–water partition coefficient (Wildman–Crippen LogP) is 1.86. The first-order valence-corrected chi connectivity index (χ1v) is 6.57. The van der Waals surface area contributed by atoms with Crippen molar-refractivity contribution in [3.8, 4) is 0 Å². The summed E-state index contributed by atoms with van der Waals surface area (Å²) in [5.74, 6) is 0. The van der Waals surface area contributed by atoms with E-state index in [1.165, 1.54) is 19.4 Å². The fraction of sp³-hybridized carbons (Fsp3) is 0.643. The molecule has 1 aromatic rings. The smallest absolute Gasteiger partial charge is 0.0527 e. The van der Waals surface area contributed by atoms with Gasteiger partial charge in [0.25, 0.3) is 0 Å². The van der Waals surface area contributed by atoms with Gasteiger partial charge in [0.05, 0.1) is 6.10 Å². The second kappa shape index (κ2) is 6.12. The highest BCUT2D eigenvalue weighted by Crippen LogP contribution is 2.21. The third-order valence-electron chi connectivity index (χ3n) is 3.49. The molecule has 0 spiro atoms. The molecule has 3 nitrogen and oxygen atoms in total. The summed E-state index contributed by atoms with van der Waals surface area (Å²) in [7, 11) is 0. The van der Waals surface area contributed by atoms with E-state index in [0.29, 0.717) is 6.04 Å². The van der Waals surface area contributed by atoms with Gasteiger partial charge in [0, 0.05) is 30.9 Å². The highest BCUT2D eigenvalue weighted by atomic mass is 16.3. The lowest BCUT2D eigenvalue weighted by Gasteiger charge is -2.25. The Kier molecular flexibility index (Phi) is 4.51. The summed E-state index contributed by atoms with van der Waals surface area (Å²) in [5, 5.41) is 9.48. The summed E-state index contributed by atoms with van der Waals surface area (Å²) in [6.45, 7) is 4.12. The Morgan fingerprint density at radius 1 is 1.53 bits per heavy atom. The van der Waals surface area contributed by atoms with E-state index in [1.807, 2.05) is 25.3 Å². The van der Waals surface area contributed by atoms with Crippen LogP contribution in [0.2, 0.25) is 0 Å². The Hall–Kier alpha value is -0.930. The minimum atomic E-state index is -0.185. The van der Waals surface area contributed by atoms with Crippen LogP contribution >= 0.6 is 0 Å². The first-order chi connectivity index (χ1) is 8.25. The normalized spacial score (nSPS) is 22.8. The second-order valence-corrected chi connectivity index (χ2v) is 4.99. The lowest BCUT2D eigenvalue weighted by Crippen LogP contribution is -2.33. The first kappa shape index (κ1) is 12.5. The van der Waals surface area contributed by atoms with Crippen LogP contribution in [0.25, 0.3) is 0 Å². The van der Waals surface area contributed by atoms with Crippen molar-refractivity contribution in [2.75, 3.05) is 13.1 Å². The van der Waals surface area contributed by atoms with Gasteiger partial charge in [-0.15, -0.1) is 0 Å². The summed E-state index contributed by atoms with van der Waals surface area (Å²) in [6, 6.07) is 6.65. The van der Waals surface area contributed by atoms with E-state index < -0.39 is 0 Å². The molecule has 2 atom stereocenters. The van der Waals surface area contributed by atoms with Crippen molar-refractivity contribution in [2.45, 2.75) is 44.8 Å². The number of hydrogen-bond donors (Lipinski definition) is 1. The van der Waals surface area contributed by atoms with Crippen LogP contribution in [0.4, 0.5) is 0 Å². The van der Waals surface area contributed by atoms with Crippen molar-refractivity contribution in [3.63, 3.8) is 0 Å². The fourth-order valence-electron chi connectivity index (χ4n) is 2.65. The molecule has 94 valence electrons. The fourth-order valence-corrected chi connectivity index (χ4v) is 2.65. The van der Waals surface area contributed by atoms with Crippen molar-refractivity contribution in [2.24, 2.45) is 0 Å². The molecule has 2 unspecified atom stereocenters. The SMILES string of the molecule is CC(O)CC1CCCN1CCc1ccccn1. The zero-order valence-electron chi connectivity index (χ0n) is 10.5. The van der Waals surface area contributed by atoms with E-state index in [-0.39, 0.29) is 6.10 Å². The number of hydrogen-bond acceptors (Lipinski definition) is 3. The van der Waals surface area contributed by atoms with E-state index in [2.05, 4.69) is 16.0 Å². The lowest BCUT2D eigenvalue weighted by atomic mass is 10.1. The van der Waals surface area contributed by atoms with Gasteiger partial charge in [0.1, 0.15) is 0 Å². The minimum absolute atomic E-state index is 0.185. The van der Waals surface area contributed by atoms with E-state index in [9.17, 15) is 5.11 Å². The summed E-state index contributed by atoms with van der Waals surface area (Å²) >= 11 is 0. The molecule has 17 heavy (non-hydrogen) atoms. The molecule has 0 radical (unpaired) electrons. The molecule has 2 rings (SSSR count). The highest BCUT2D eigenvalue weighted by molar-refractivity contribution is 5.04. The molecule has 3 heteroatoms. The molecule has 0 amide bonds. The predicted molar refractivity (Wildman–Crippen MR) is 68.8 cm³/mol. The van der Waals surface area contributed by atoms with Gasteiger partial charge in [0.15, 0.2) is 0 Å². The van der Waals surface area contributed by atoms with Crippen molar-refractivity contribution in [1.82, 2.24) is 9.88 Å². The van der Waals surface area contributed by atoms with Gasteiger partial charge in [-0.2, -0.15) is 0 Å². The van der Waals surface area contributed by atoms with Crippen molar-refractivity contribution < 1.29 is 5.11 Å². The van der Waals surface area contributed by atoms with Gasteiger partial charge in [0.2, 0.25) is 0 Å². The number of pyridine rings is 1. The molecule has 1 N–H and O–H groups in total. The van der Waals surface area contributed by atoms with Gasteiger partial charge in [-0.05, 0) is 44.9 Å². The third kappa shape index (κ3) is 3.79. The molecule has 0 saturated carbocycles. The molecule has 0 aromatic carbocycles. The average Bonchev–Trinajstić information content (AvgIpc) is 2.74. The highest BCUT2D eigenvalue weighted by Gasteiger charge is 2.24. The van der Waals surface area contributed by atoms with E-state index in [4.69, 9.17) is 0 Å². The quantitative estimate of drug-likeness (QED) is 0.845. The zero-order valence-corrected chi connectivity index (χ0v) is 10.5. The van der Waals surface area contributed by atoms with Crippen molar-refractivity contribution in [3.05, 3.63) is 30.1 Å². The molecule has 2 heterocycles. The zero-order chi connectivity index (χ0) is 12.1. The number of aromatic nitrogens is 1. The lowest BCUT2D eigenvalue weighted by molar-refractivity contribution is 0.134. The van der Waals surface area contributed by atoms with Crippen molar-refractivity contribution in [1.29, 1.82) is 0 Å². The Morgan fingerprint density at radius 3 is 3.12 bits per heavy atom. The van der Waals surface area contributed by atoms with Crippen LogP contribution in [-0.4, -0.2) is 40.2 Å². The topological polar surface area (TPSA) is 36.4 Å². The van der Waals surface area contributed by atoms with Crippen LogP contribution in [0.1, 0.15) is 31.9 Å². The Bertz CT molecular complexity index is 326. The van der Waals surface area contributed by atoms with Crippen LogP contribution in [0, 0.1) is 0 Å². The molecule has 1 aliphatic heterocycles. The molecular weight excluding hydrogens is 212 g/mol. The number of nitrogens with zero attached hydrogens (tertiary/aromatic N) is 2. The van der Waals surface area contributed by atoms with Crippen LogP contribution in [0.15, 0.2) is 24.4 Å². The van der Waals surface area contributed by atoms with Crippen LogP contribution < -0.4 is 0 Å². The van der Waals surface area contributed by atoms with Gasteiger partial charge in [-0.3, -0.25) is 9.88 Å². The van der Waals surface area contributed by atoms with Crippen LogP contribution in [-0.2, 0) is 6.42 Å². The van der Waals surface area contributed by atoms with Crippen molar-refractivity contribution >= 4 is 0 Å². The Balaban J connectivity index is 1.82. The van der Waals surface area contributed by atoms with E-state index in [1.54, 1.807) is 0 Å². The monoisotopic (exact) mass is 234 g/mol. The molecule has 1 saturated heterocycles. The summed E-state index contributed by atoms with van der Waals surface area (Å²) in [5.41, 5.74) is 1.16. The number of likely N-dealkylation sites (tertiary alicyclic amines) is 1. The van der Waals surface area contributed by atoms with Crippen LogP contribution in [0.5, 0.6) is 0 Å². The van der Waals surface area contributed by atoms with Gasteiger partial charge in [-0.1, -0.05) is 6.07 Å². The maximum atomic E-state index is 9.48. The largest absolute Gasteiger partial charge is 0.393 e. The maximum Gasteiger partial charge on any atom is 0.0527 e. The summed E-state index contributed by atoms with van der Waals surface area (Å²) in [4.78, 5) is 6.85. The Labute approximate surface area is 103 Å². The molecular formula is C14H22N2O. The standard InChI is InChI=1S/C14H22N2O/c1-12(17)11-14-6-4-9-16(14)10-7-13-5-2-3-8-15-13/h2-3,5,8,12,14,17H,4,6-7,9-11H2,1H3. The molecule has 0 bridgehead atoms. The second-order valence-electron chi connectivity index (χ2n) is 4.99. The van der Waals surface area contributed by atoms with E-state index >= 15 is 0 Å². The number of aliphatic hydroxyl groups excluding tert-OH is 1. The van der Waals surface area contributed by atoms with Gasteiger partial charge >= 0.3 is 0 Å². The van der Waals surface area contributed by atoms with Crippen LogP contribution in [0.3, 0.4) is 0 Å². The van der Waals surface area contributed by atoms with Gasteiger partial charge in [-0.25, -0.2) is 0 Å². The number of aliphatic hydroxyl groups is 1. The molecule has 1 fully saturated rings. The third-order valence-corrected chi connectivity index (χ3v) is 3.49. The molecule has 1 aromatic heterocycles. The molecule has 1 aliphatic rings. The first-order valence-electron chi connectivity index (χ1n) is 6.57. The average molecular weight is 234 g/mol. The molecule has 0 aliphatic carbocycles.